The van der Waals surface area contributed by atoms with Gasteiger partial charge in [-0.3, -0.25) is 4.79 Å². The van der Waals surface area contributed by atoms with Gasteiger partial charge in [0.05, 0.1) is 12.2 Å². The molecule has 78 valence electrons. The molecule has 0 saturated heterocycles. The van der Waals surface area contributed by atoms with Crippen molar-refractivity contribution in [1.82, 2.24) is 0 Å². The van der Waals surface area contributed by atoms with Gasteiger partial charge in [0, 0.05) is 0 Å². The average molecular weight is 208 g/mol. The molecule has 0 amide bonds. The molecule has 0 aromatic heterocycles. The third kappa shape index (κ3) is 6.57. The summed E-state index contributed by atoms with van der Waals surface area (Å²) >= 11 is 0. The minimum Gasteiger partial charge on any atom is -0.346 e. The zero-order valence-electron chi connectivity index (χ0n) is 8.24. The maximum atomic E-state index is 11.1. The van der Waals surface area contributed by atoms with E-state index in [0.717, 1.165) is 19.1 Å². The number of hydrogen-bond acceptors (Lipinski definition) is 4. The maximum absolute atomic E-state index is 11.1. The van der Waals surface area contributed by atoms with E-state index in [1.54, 1.807) is 6.92 Å². The molecular formula is C8H16O4S. The maximum Gasteiger partial charge on any atom is 0.324 e. The first-order valence-corrected chi connectivity index (χ1v) is 6.11. The average Bonchev–Trinajstić information content (AvgIpc) is 1.96. The quantitative estimate of drug-likeness (QED) is 0.639. The molecule has 0 rings (SSSR count). The third-order valence-electron chi connectivity index (χ3n) is 1.63. The van der Waals surface area contributed by atoms with Gasteiger partial charge in [0.2, 0.25) is 0 Å². The molecule has 0 bridgehead atoms. The van der Waals surface area contributed by atoms with Crippen LogP contribution in [0.3, 0.4) is 0 Å². The van der Waals surface area contributed by atoms with Crippen molar-refractivity contribution in [3.63, 3.8) is 0 Å². The van der Waals surface area contributed by atoms with Gasteiger partial charge in [-0.05, 0) is 6.42 Å². The summed E-state index contributed by atoms with van der Waals surface area (Å²) in [7, 11) is -3.64. The molecule has 0 N–H and O–H groups in total. The molecular weight excluding hydrogens is 192 g/mol. The predicted molar refractivity (Wildman–Crippen MR) is 49.6 cm³/mol. The largest absolute Gasteiger partial charge is 0.346 e. The van der Waals surface area contributed by atoms with Crippen LogP contribution in [-0.2, 0) is 19.1 Å². The van der Waals surface area contributed by atoms with E-state index < -0.39 is 16.1 Å². The molecule has 4 nitrogen and oxygen atoms in total. The lowest BCUT2D eigenvalue weighted by Crippen LogP contribution is -2.18. The van der Waals surface area contributed by atoms with E-state index in [4.69, 9.17) is 0 Å². The Morgan fingerprint density at radius 2 is 2.00 bits per heavy atom. The van der Waals surface area contributed by atoms with Crippen LogP contribution < -0.4 is 0 Å². The smallest absolute Gasteiger partial charge is 0.324 e. The van der Waals surface area contributed by atoms with Crippen LogP contribution in [0.1, 0.15) is 33.1 Å². The number of carbonyl (C=O) groups is 1. The third-order valence-corrected chi connectivity index (χ3v) is 2.09. The monoisotopic (exact) mass is 208 g/mol. The lowest BCUT2D eigenvalue weighted by Gasteiger charge is -2.08. The van der Waals surface area contributed by atoms with E-state index in [-0.39, 0.29) is 5.92 Å². The molecule has 0 spiro atoms. The van der Waals surface area contributed by atoms with Crippen LogP contribution in [0.4, 0.5) is 0 Å². The summed E-state index contributed by atoms with van der Waals surface area (Å²) in [4.78, 5) is 11.1. The van der Waals surface area contributed by atoms with E-state index in [1.807, 2.05) is 6.92 Å². The van der Waals surface area contributed by atoms with Crippen LogP contribution in [0.2, 0.25) is 0 Å². The molecule has 1 unspecified atom stereocenters. The molecule has 0 heterocycles. The highest BCUT2D eigenvalue weighted by Gasteiger charge is 2.18. The first-order valence-electron chi connectivity index (χ1n) is 4.30. The van der Waals surface area contributed by atoms with Gasteiger partial charge in [-0.2, -0.15) is 8.42 Å². The van der Waals surface area contributed by atoms with Gasteiger partial charge in [-0.25, -0.2) is 0 Å². The van der Waals surface area contributed by atoms with E-state index >= 15 is 0 Å². The molecule has 0 saturated carbocycles. The summed E-state index contributed by atoms with van der Waals surface area (Å²) in [6.45, 7) is 3.68. The van der Waals surface area contributed by atoms with Crippen LogP contribution in [0.15, 0.2) is 0 Å². The van der Waals surface area contributed by atoms with Crippen molar-refractivity contribution in [2.45, 2.75) is 33.1 Å². The summed E-state index contributed by atoms with van der Waals surface area (Å²) < 4.78 is 25.4. The van der Waals surface area contributed by atoms with Crippen LogP contribution in [0.5, 0.6) is 0 Å². The molecule has 13 heavy (non-hydrogen) atoms. The Labute approximate surface area is 79.4 Å². The van der Waals surface area contributed by atoms with Crippen molar-refractivity contribution in [2.24, 2.45) is 5.92 Å². The van der Waals surface area contributed by atoms with Gasteiger partial charge in [0.25, 0.3) is 0 Å². The van der Waals surface area contributed by atoms with Gasteiger partial charge >= 0.3 is 16.1 Å². The first kappa shape index (κ1) is 12.4. The van der Waals surface area contributed by atoms with Crippen LogP contribution in [-0.4, -0.2) is 20.6 Å². The number of carbonyl (C=O) groups excluding carboxylic acids is 1. The lowest BCUT2D eigenvalue weighted by atomic mass is 10.1. The molecule has 5 heteroatoms. The number of unbranched alkanes of at least 4 members (excludes halogenated alkanes) is 1. The van der Waals surface area contributed by atoms with Crippen molar-refractivity contribution in [3.8, 4) is 0 Å². The van der Waals surface area contributed by atoms with Gasteiger partial charge in [0.15, 0.2) is 0 Å². The SMILES string of the molecule is CCCCC(C)C(=O)OS(C)(=O)=O. The zero-order valence-corrected chi connectivity index (χ0v) is 9.06. The molecule has 0 aromatic carbocycles. The van der Waals surface area contributed by atoms with Crippen LogP contribution in [0, 0.1) is 5.92 Å². The summed E-state index contributed by atoms with van der Waals surface area (Å²) in [5.41, 5.74) is 0. The second-order valence-corrected chi connectivity index (χ2v) is 4.72. The molecule has 0 aliphatic heterocycles. The minimum absolute atomic E-state index is 0.338. The molecule has 0 aliphatic carbocycles. The fourth-order valence-corrected chi connectivity index (χ4v) is 1.32. The molecule has 0 fully saturated rings. The van der Waals surface area contributed by atoms with Crippen molar-refractivity contribution in [1.29, 1.82) is 0 Å². The lowest BCUT2D eigenvalue weighted by molar-refractivity contribution is -0.137. The number of rotatable bonds is 5. The predicted octanol–water partition coefficient (Wildman–Crippen LogP) is 1.32. The van der Waals surface area contributed by atoms with Gasteiger partial charge in [0.1, 0.15) is 0 Å². The second-order valence-electron chi connectivity index (χ2n) is 3.15. The molecule has 0 radical (unpaired) electrons. The molecule has 0 aliphatic rings. The highest BCUT2D eigenvalue weighted by atomic mass is 32.2. The standard InChI is InChI=1S/C8H16O4S/c1-4-5-6-7(2)8(9)12-13(3,10)11/h7H,4-6H2,1-3H3. The van der Waals surface area contributed by atoms with Crippen LogP contribution in [0.25, 0.3) is 0 Å². The summed E-state index contributed by atoms with van der Waals surface area (Å²) in [5.74, 6) is -0.995. The fourth-order valence-electron chi connectivity index (χ4n) is 0.859. The van der Waals surface area contributed by atoms with Crippen molar-refractivity contribution in [2.75, 3.05) is 6.26 Å². The minimum atomic E-state index is -3.64. The van der Waals surface area contributed by atoms with E-state index in [0.29, 0.717) is 6.42 Å². The Hall–Kier alpha value is -0.580. The van der Waals surface area contributed by atoms with Crippen LogP contribution >= 0.6 is 0 Å². The van der Waals surface area contributed by atoms with Gasteiger partial charge < -0.3 is 4.18 Å². The van der Waals surface area contributed by atoms with Crippen molar-refractivity contribution in [3.05, 3.63) is 0 Å². The summed E-state index contributed by atoms with van der Waals surface area (Å²) in [5, 5.41) is 0. The Balaban J connectivity index is 3.97. The van der Waals surface area contributed by atoms with Crippen molar-refractivity contribution >= 4 is 16.1 Å². The van der Waals surface area contributed by atoms with E-state index in [1.165, 1.54) is 0 Å². The first-order chi connectivity index (χ1) is 5.87. The Morgan fingerprint density at radius 3 is 2.38 bits per heavy atom. The Bertz CT molecular complexity index is 255. The highest BCUT2D eigenvalue weighted by molar-refractivity contribution is 7.86. The second kappa shape index (κ2) is 5.21. The van der Waals surface area contributed by atoms with E-state index in [9.17, 15) is 13.2 Å². The van der Waals surface area contributed by atoms with Gasteiger partial charge in [-0.15, -0.1) is 0 Å². The molecule has 1 atom stereocenters. The summed E-state index contributed by atoms with van der Waals surface area (Å²) in [6, 6.07) is 0. The van der Waals surface area contributed by atoms with Gasteiger partial charge in [-0.1, -0.05) is 26.7 Å². The van der Waals surface area contributed by atoms with Crippen molar-refractivity contribution < 1.29 is 17.4 Å². The zero-order chi connectivity index (χ0) is 10.5. The fraction of sp³-hybridized carbons (Fsp3) is 0.875. The normalized spacial score (nSPS) is 13.8. The highest BCUT2D eigenvalue weighted by Crippen LogP contribution is 2.10. The summed E-state index contributed by atoms with van der Waals surface area (Å²) in [6.07, 6.45) is 3.43. The molecule has 0 aromatic rings. The Kier molecular flexibility index (Phi) is 4.98. The topological polar surface area (TPSA) is 60.4 Å². The Morgan fingerprint density at radius 1 is 1.46 bits per heavy atom. The number of hydrogen-bond donors (Lipinski definition) is 0. The van der Waals surface area contributed by atoms with E-state index in [2.05, 4.69) is 4.18 Å².